The third-order valence-corrected chi connectivity index (χ3v) is 4.41. The van der Waals surface area contributed by atoms with Crippen LogP contribution in [0.1, 0.15) is 18.2 Å². The number of hydrogen-bond donors (Lipinski definition) is 3. The lowest BCUT2D eigenvalue weighted by atomic mass is 10.3. The Morgan fingerprint density at radius 3 is 2.90 bits per heavy atom. The highest BCUT2D eigenvalue weighted by Gasteiger charge is 2.25. The van der Waals surface area contributed by atoms with E-state index in [4.69, 9.17) is 0 Å². The lowest BCUT2D eigenvalue weighted by Gasteiger charge is -2.14. The van der Waals surface area contributed by atoms with Crippen LogP contribution in [0.5, 0.6) is 0 Å². The zero-order valence-electron chi connectivity index (χ0n) is 11.2. The lowest BCUT2D eigenvalue weighted by Crippen LogP contribution is -2.36. The number of aliphatic hydroxyl groups is 1. The van der Waals surface area contributed by atoms with E-state index in [1.807, 2.05) is 0 Å². The van der Waals surface area contributed by atoms with E-state index < -0.39 is 10.0 Å². The molecule has 2 aromatic heterocycles. The smallest absolute Gasteiger partial charge is 0.260 e. The van der Waals surface area contributed by atoms with Gasteiger partial charge in [-0.25, -0.2) is 18.1 Å². The fourth-order valence-corrected chi connectivity index (χ4v) is 3.33. The van der Waals surface area contributed by atoms with Gasteiger partial charge in [-0.05, 0) is 13.8 Å². The molecule has 3 N–H and O–H groups in total. The van der Waals surface area contributed by atoms with Crippen molar-refractivity contribution in [3.8, 4) is 0 Å². The highest BCUT2D eigenvalue weighted by atomic mass is 32.2. The first-order valence-corrected chi connectivity index (χ1v) is 7.55. The maximum Gasteiger partial charge on any atom is 0.260 e. The van der Waals surface area contributed by atoms with E-state index in [0.29, 0.717) is 12.2 Å². The first-order valence-electron chi connectivity index (χ1n) is 6.07. The minimum Gasteiger partial charge on any atom is -0.392 e. The fraction of sp³-hybridized carbons (Fsp3) is 0.455. The minimum atomic E-state index is -3.77. The predicted molar refractivity (Wildman–Crippen MR) is 71.3 cm³/mol. The number of imidazole rings is 1. The quantitative estimate of drug-likeness (QED) is 0.682. The van der Waals surface area contributed by atoms with Gasteiger partial charge >= 0.3 is 0 Å². The van der Waals surface area contributed by atoms with Crippen LogP contribution >= 0.6 is 0 Å². The van der Waals surface area contributed by atoms with Gasteiger partial charge in [-0.3, -0.25) is 5.10 Å². The third kappa shape index (κ3) is 3.06. The normalized spacial score (nSPS) is 13.6. The standard InChI is InChI=1S/C11H17N5O3S/c1-8(5-16-4-3-12-7-16)15-20(18,19)11-10(6-17)9(2)13-14-11/h3-4,7-8,15,17H,5-6H2,1-2H3,(H,13,14). The van der Waals surface area contributed by atoms with Crippen LogP contribution in [0, 0.1) is 6.92 Å². The van der Waals surface area contributed by atoms with Gasteiger partial charge in [0.05, 0.1) is 12.9 Å². The predicted octanol–water partition coefficient (Wildman–Crippen LogP) is -0.226. The zero-order valence-corrected chi connectivity index (χ0v) is 12.1. The van der Waals surface area contributed by atoms with Gasteiger partial charge in [0.15, 0.2) is 5.03 Å². The number of aromatic nitrogens is 4. The van der Waals surface area contributed by atoms with Crippen molar-refractivity contribution in [1.29, 1.82) is 0 Å². The van der Waals surface area contributed by atoms with Crippen molar-refractivity contribution in [2.75, 3.05) is 0 Å². The van der Waals surface area contributed by atoms with E-state index in [-0.39, 0.29) is 23.2 Å². The molecule has 110 valence electrons. The van der Waals surface area contributed by atoms with Crippen molar-refractivity contribution < 1.29 is 13.5 Å². The van der Waals surface area contributed by atoms with E-state index in [0.717, 1.165) is 0 Å². The summed E-state index contributed by atoms with van der Waals surface area (Å²) in [5, 5.41) is 15.4. The molecule has 0 spiro atoms. The maximum atomic E-state index is 12.2. The minimum absolute atomic E-state index is 0.157. The number of H-pyrrole nitrogens is 1. The summed E-state index contributed by atoms with van der Waals surface area (Å²) in [4.78, 5) is 3.90. The summed E-state index contributed by atoms with van der Waals surface area (Å²) >= 11 is 0. The summed E-state index contributed by atoms with van der Waals surface area (Å²) in [6.45, 7) is 3.48. The Bertz CT molecular complexity index is 662. The molecule has 2 heterocycles. The Hall–Kier alpha value is -1.71. The molecule has 8 nitrogen and oxygen atoms in total. The Morgan fingerprint density at radius 1 is 1.55 bits per heavy atom. The van der Waals surface area contributed by atoms with Crippen LogP contribution in [0.2, 0.25) is 0 Å². The molecule has 0 saturated carbocycles. The van der Waals surface area contributed by atoms with Crippen LogP contribution in [0.3, 0.4) is 0 Å². The number of rotatable bonds is 6. The lowest BCUT2D eigenvalue weighted by molar-refractivity contribution is 0.277. The topological polar surface area (TPSA) is 113 Å². The van der Waals surface area contributed by atoms with Gasteiger partial charge in [0.2, 0.25) is 0 Å². The van der Waals surface area contributed by atoms with E-state index in [1.54, 1.807) is 37.1 Å². The van der Waals surface area contributed by atoms with Crippen molar-refractivity contribution in [2.45, 2.75) is 38.1 Å². The van der Waals surface area contributed by atoms with E-state index in [1.165, 1.54) is 0 Å². The molecular weight excluding hydrogens is 282 g/mol. The molecule has 1 unspecified atom stereocenters. The Morgan fingerprint density at radius 2 is 2.30 bits per heavy atom. The third-order valence-electron chi connectivity index (χ3n) is 2.85. The van der Waals surface area contributed by atoms with E-state index in [2.05, 4.69) is 19.9 Å². The Balaban J connectivity index is 2.14. The fourth-order valence-electron chi connectivity index (χ4n) is 1.91. The molecule has 0 aromatic carbocycles. The summed E-state index contributed by atoms with van der Waals surface area (Å²) in [6, 6.07) is -0.335. The number of aryl methyl sites for hydroxylation is 1. The number of sulfonamides is 1. The SMILES string of the molecule is Cc1[nH]nc(S(=O)(=O)NC(C)Cn2ccnc2)c1CO. The van der Waals surface area contributed by atoms with E-state index in [9.17, 15) is 13.5 Å². The highest BCUT2D eigenvalue weighted by molar-refractivity contribution is 7.89. The second-order valence-electron chi connectivity index (χ2n) is 4.57. The van der Waals surface area contributed by atoms with Crippen molar-refractivity contribution in [2.24, 2.45) is 0 Å². The molecule has 0 bridgehead atoms. The number of nitrogens with one attached hydrogen (secondary N) is 2. The Labute approximate surface area is 116 Å². The summed E-state index contributed by atoms with van der Waals surface area (Å²) in [5.74, 6) is 0. The average Bonchev–Trinajstić information content (AvgIpc) is 2.97. The number of aliphatic hydroxyl groups excluding tert-OH is 1. The van der Waals surface area contributed by atoms with Gasteiger partial charge in [-0.15, -0.1) is 0 Å². The van der Waals surface area contributed by atoms with Gasteiger partial charge < -0.3 is 9.67 Å². The number of hydrogen-bond acceptors (Lipinski definition) is 5. The number of aromatic amines is 1. The molecule has 9 heteroatoms. The van der Waals surface area contributed by atoms with Gasteiger partial charge in [0.25, 0.3) is 10.0 Å². The zero-order chi connectivity index (χ0) is 14.8. The molecule has 1 atom stereocenters. The van der Waals surface area contributed by atoms with E-state index >= 15 is 0 Å². The van der Waals surface area contributed by atoms with Crippen LogP contribution in [0.15, 0.2) is 23.7 Å². The van der Waals surface area contributed by atoms with Crippen molar-refractivity contribution >= 4 is 10.0 Å². The molecular formula is C11H17N5O3S. The van der Waals surface area contributed by atoms with Crippen molar-refractivity contribution in [1.82, 2.24) is 24.5 Å². The molecule has 2 aromatic rings. The first kappa shape index (κ1) is 14.7. The molecule has 0 fully saturated rings. The average molecular weight is 299 g/mol. The molecule has 0 aliphatic rings. The van der Waals surface area contributed by atoms with Gasteiger partial charge in [-0.1, -0.05) is 0 Å². The van der Waals surface area contributed by atoms with Crippen LogP contribution in [0.4, 0.5) is 0 Å². The monoisotopic (exact) mass is 299 g/mol. The van der Waals surface area contributed by atoms with Gasteiger partial charge in [0.1, 0.15) is 0 Å². The molecule has 0 amide bonds. The Kier molecular flexibility index (Phi) is 4.21. The summed E-state index contributed by atoms with van der Waals surface area (Å²) < 4.78 is 28.8. The maximum absolute atomic E-state index is 12.2. The summed E-state index contributed by atoms with van der Waals surface area (Å²) in [5.41, 5.74) is 0.822. The molecule has 0 saturated heterocycles. The van der Waals surface area contributed by atoms with Crippen LogP contribution < -0.4 is 4.72 Å². The molecule has 0 aliphatic heterocycles. The largest absolute Gasteiger partial charge is 0.392 e. The van der Waals surface area contributed by atoms with Gasteiger partial charge in [0, 0.05) is 36.2 Å². The van der Waals surface area contributed by atoms with Crippen LogP contribution in [-0.2, 0) is 23.2 Å². The molecule has 20 heavy (non-hydrogen) atoms. The van der Waals surface area contributed by atoms with Crippen molar-refractivity contribution in [3.63, 3.8) is 0 Å². The summed E-state index contributed by atoms with van der Waals surface area (Å²) in [6.07, 6.45) is 4.99. The molecule has 0 aliphatic carbocycles. The van der Waals surface area contributed by atoms with Crippen LogP contribution in [-0.4, -0.2) is 39.3 Å². The van der Waals surface area contributed by atoms with Gasteiger partial charge in [-0.2, -0.15) is 5.10 Å². The highest BCUT2D eigenvalue weighted by Crippen LogP contribution is 2.16. The van der Waals surface area contributed by atoms with Crippen LogP contribution in [0.25, 0.3) is 0 Å². The second kappa shape index (κ2) is 5.73. The number of nitrogens with zero attached hydrogens (tertiary/aromatic N) is 3. The second-order valence-corrected chi connectivity index (χ2v) is 6.20. The summed E-state index contributed by atoms with van der Waals surface area (Å²) in [7, 11) is -3.77. The van der Waals surface area contributed by atoms with Crippen molar-refractivity contribution in [3.05, 3.63) is 30.0 Å². The first-order chi connectivity index (χ1) is 9.44. The molecule has 2 rings (SSSR count). The molecule has 0 radical (unpaired) electrons.